The first-order chi connectivity index (χ1) is 12.1. The van der Waals surface area contributed by atoms with Crippen molar-refractivity contribution in [1.29, 1.82) is 0 Å². The van der Waals surface area contributed by atoms with Crippen LogP contribution in [0, 0.1) is 5.82 Å². The van der Waals surface area contributed by atoms with Crippen LogP contribution >= 0.6 is 11.6 Å². The number of nitrogens with zero attached hydrogens (tertiary/aromatic N) is 4. The monoisotopic (exact) mass is 354 g/mol. The van der Waals surface area contributed by atoms with E-state index in [1.54, 1.807) is 24.5 Å². The quantitative estimate of drug-likeness (QED) is 0.700. The molecular formula is C19H16ClFN4. The van der Waals surface area contributed by atoms with E-state index in [2.05, 4.69) is 31.9 Å². The largest absolute Gasteiger partial charge is 0.346 e. The van der Waals surface area contributed by atoms with Gasteiger partial charge in [-0.05, 0) is 35.4 Å². The molecule has 6 heteroatoms. The predicted molar refractivity (Wildman–Crippen MR) is 98.3 cm³/mol. The normalized spacial score (nSPS) is 13.2. The second kappa shape index (κ2) is 6.33. The highest BCUT2D eigenvalue weighted by molar-refractivity contribution is 6.31. The zero-order valence-corrected chi connectivity index (χ0v) is 14.4. The second-order valence-corrected chi connectivity index (χ2v) is 6.50. The molecule has 1 aliphatic heterocycles. The molecule has 0 unspecified atom stereocenters. The van der Waals surface area contributed by atoms with Crippen LogP contribution in [0.1, 0.15) is 5.56 Å². The summed E-state index contributed by atoms with van der Waals surface area (Å²) < 4.78 is 13.4. The molecule has 0 saturated heterocycles. The lowest BCUT2D eigenvalue weighted by Gasteiger charge is -2.19. The average molecular weight is 355 g/mol. The molecule has 1 aromatic carbocycles. The highest BCUT2D eigenvalue weighted by Crippen LogP contribution is 2.37. The fraction of sp³-hybridized carbons (Fsp3) is 0.158. The molecule has 25 heavy (non-hydrogen) atoms. The zero-order chi connectivity index (χ0) is 17.4. The van der Waals surface area contributed by atoms with E-state index in [0.717, 1.165) is 41.4 Å². The Hall–Kier alpha value is -2.66. The van der Waals surface area contributed by atoms with Gasteiger partial charge in [0.25, 0.3) is 0 Å². The maximum absolute atomic E-state index is 13.4. The molecule has 0 bridgehead atoms. The number of hydrogen-bond donors (Lipinski definition) is 0. The molecule has 4 rings (SSSR count). The van der Waals surface area contributed by atoms with E-state index in [9.17, 15) is 4.39 Å². The molecule has 3 heterocycles. The molecule has 0 fully saturated rings. The van der Waals surface area contributed by atoms with Gasteiger partial charge in [0.05, 0.1) is 17.4 Å². The highest BCUT2D eigenvalue weighted by atomic mass is 35.5. The predicted octanol–water partition coefficient (Wildman–Crippen LogP) is 4.35. The third-order valence-electron chi connectivity index (χ3n) is 4.28. The summed E-state index contributed by atoms with van der Waals surface area (Å²) in [5, 5.41) is 0.113. The van der Waals surface area contributed by atoms with Gasteiger partial charge in [0.15, 0.2) is 5.82 Å². The third-order valence-corrected chi connectivity index (χ3v) is 4.57. The van der Waals surface area contributed by atoms with Crippen LogP contribution in [0.25, 0.3) is 11.1 Å². The number of aromatic nitrogens is 2. The van der Waals surface area contributed by atoms with Gasteiger partial charge in [0, 0.05) is 37.7 Å². The Morgan fingerprint density at radius 3 is 2.80 bits per heavy atom. The van der Waals surface area contributed by atoms with Gasteiger partial charge < -0.3 is 9.80 Å². The van der Waals surface area contributed by atoms with Crippen molar-refractivity contribution in [1.82, 2.24) is 9.97 Å². The summed E-state index contributed by atoms with van der Waals surface area (Å²) in [4.78, 5) is 13.1. The lowest BCUT2D eigenvalue weighted by molar-refractivity contribution is 0.628. The number of anilines is 2. The number of halogens is 2. The maximum Gasteiger partial charge on any atom is 0.153 e. The van der Waals surface area contributed by atoms with Crippen LogP contribution in [0.15, 0.2) is 55.0 Å². The Labute approximate surface area is 150 Å². The van der Waals surface area contributed by atoms with Crippen LogP contribution < -0.4 is 9.80 Å². The van der Waals surface area contributed by atoms with Crippen LogP contribution in [0.3, 0.4) is 0 Å². The number of fused-ring (bicyclic) bond motifs is 1. The lowest BCUT2D eigenvalue weighted by Crippen LogP contribution is -2.27. The molecule has 1 aliphatic rings. The Balaban J connectivity index is 1.70. The standard InChI is InChI=1S/C19H16ClFN4/c1-24-12-25(11-13-3-2-6-22-9-13)18-8-15(10-23-19(18)24)14-4-5-17(21)16(20)7-14/h2-10H,11-12H2,1H3. The van der Waals surface area contributed by atoms with Crippen LogP contribution in [0.4, 0.5) is 15.9 Å². The van der Waals surface area contributed by atoms with E-state index >= 15 is 0 Å². The first-order valence-corrected chi connectivity index (χ1v) is 8.30. The van der Waals surface area contributed by atoms with Crippen LogP contribution in [-0.4, -0.2) is 23.7 Å². The Bertz CT molecular complexity index is 917. The van der Waals surface area contributed by atoms with Crippen molar-refractivity contribution in [2.24, 2.45) is 0 Å². The third kappa shape index (κ3) is 3.03. The molecule has 2 aromatic heterocycles. The van der Waals surface area contributed by atoms with Gasteiger partial charge in [-0.25, -0.2) is 9.37 Å². The summed E-state index contributed by atoms with van der Waals surface area (Å²) in [5.41, 5.74) is 3.94. The zero-order valence-electron chi connectivity index (χ0n) is 13.7. The number of pyridine rings is 2. The maximum atomic E-state index is 13.4. The molecule has 0 spiro atoms. The van der Waals surface area contributed by atoms with E-state index in [1.165, 1.54) is 6.07 Å². The Morgan fingerprint density at radius 2 is 2.04 bits per heavy atom. The van der Waals surface area contributed by atoms with Gasteiger partial charge in [-0.2, -0.15) is 0 Å². The minimum absolute atomic E-state index is 0.113. The van der Waals surface area contributed by atoms with Crippen molar-refractivity contribution in [3.8, 4) is 11.1 Å². The highest BCUT2D eigenvalue weighted by Gasteiger charge is 2.25. The summed E-state index contributed by atoms with van der Waals surface area (Å²) in [6, 6.07) is 10.8. The molecule has 0 amide bonds. The molecule has 0 radical (unpaired) electrons. The number of benzene rings is 1. The molecule has 4 nitrogen and oxygen atoms in total. The molecule has 0 N–H and O–H groups in total. The Morgan fingerprint density at radius 1 is 1.16 bits per heavy atom. The van der Waals surface area contributed by atoms with Gasteiger partial charge in [-0.1, -0.05) is 23.7 Å². The van der Waals surface area contributed by atoms with E-state index in [0.29, 0.717) is 0 Å². The fourth-order valence-corrected chi connectivity index (χ4v) is 3.23. The second-order valence-electron chi connectivity index (χ2n) is 6.09. The molecule has 0 saturated carbocycles. The first-order valence-electron chi connectivity index (χ1n) is 7.92. The van der Waals surface area contributed by atoms with E-state index in [-0.39, 0.29) is 5.02 Å². The van der Waals surface area contributed by atoms with Crippen molar-refractivity contribution in [3.05, 3.63) is 71.4 Å². The SMILES string of the molecule is CN1CN(Cc2cccnc2)c2cc(-c3ccc(F)c(Cl)c3)cnc21. The number of rotatable bonds is 3. The Kier molecular flexibility index (Phi) is 4.01. The smallest absolute Gasteiger partial charge is 0.153 e. The average Bonchev–Trinajstić information content (AvgIpc) is 2.93. The van der Waals surface area contributed by atoms with E-state index in [4.69, 9.17) is 11.6 Å². The molecule has 0 aliphatic carbocycles. The summed E-state index contributed by atoms with van der Waals surface area (Å²) in [7, 11) is 2.02. The van der Waals surface area contributed by atoms with Gasteiger partial charge in [0.2, 0.25) is 0 Å². The minimum Gasteiger partial charge on any atom is -0.346 e. The summed E-state index contributed by atoms with van der Waals surface area (Å²) in [6.45, 7) is 1.51. The van der Waals surface area contributed by atoms with Gasteiger partial charge in [0.1, 0.15) is 5.82 Å². The fourth-order valence-electron chi connectivity index (χ4n) is 3.05. The molecule has 126 valence electrons. The topological polar surface area (TPSA) is 32.3 Å². The van der Waals surface area contributed by atoms with Crippen LogP contribution in [-0.2, 0) is 6.54 Å². The van der Waals surface area contributed by atoms with Gasteiger partial charge >= 0.3 is 0 Å². The molecular weight excluding hydrogens is 339 g/mol. The van der Waals surface area contributed by atoms with Crippen molar-refractivity contribution in [2.75, 3.05) is 23.5 Å². The minimum atomic E-state index is -0.419. The van der Waals surface area contributed by atoms with Crippen molar-refractivity contribution in [3.63, 3.8) is 0 Å². The van der Waals surface area contributed by atoms with Crippen molar-refractivity contribution in [2.45, 2.75) is 6.54 Å². The van der Waals surface area contributed by atoms with Crippen LogP contribution in [0.5, 0.6) is 0 Å². The number of hydrogen-bond acceptors (Lipinski definition) is 4. The lowest BCUT2D eigenvalue weighted by atomic mass is 10.1. The van der Waals surface area contributed by atoms with E-state index < -0.39 is 5.82 Å². The van der Waals surface area contributed by atoms with Gasteiger partial charge in [-0.15, -0.1) is 0 Å². The van der Waals surface area contributed by atoms with Crippen LogP contribution in [0.2, 0.25) is 5.02 Å². The molecule has 0 atom stereocenters. The molecule has 3 aromatic rings. The van der Waals surface area contributed by atoms with E-state index in [1.807, 2.05) is 19.3 Å². The summed E-state index contributed by atoms with van der Waals surface area (Å²) in [5.74, 6) is 0.512. The van der Waals surface area contributed by atoms with Crippen molar-refractivity contribution >= 4 is 23.1 Å². The van der Waals surface area contributed by atoms with Gasteiger partial charge in [-0.3, -0.25) is 4.98 Å². The first kappa shape index (κ1) is 15.8. The van der Waals surface area contributed by atoms with Crippen molar-refractivity contribution < 1.29 is 4.39 Å². The summed E-state index contributed by atoms with van der Waals surface area (Å²) in [6.07, 6.45) is 5.44. The summed E-state index contributed by atoms with van der Waals surface area (Å²) >= 11 is 5.92.